The van der Waals surface area contributed by atoms with Crippen molar-refractivity contribution >= 4 is 43.7 Å². The van der Waals surface area contributed by atoms with Crippen molar-refractivity contribution in [3.63, 3.8) is 0 Å². The van der Waals surface area contributed by atoms with E-state index in [4.69, 9.17) is 4.74 Å². The van der Waals surface area contributed by atoms with Crippen LogP contribution in [0.2, 0.25) is 0 Å². The molecule has 0 unspecified atom stereocenters. The second kappa shape index (κ2) is 7.20. The molecule has 8 heteroatoms. The van der Waals surface area contributed by atoms with Crippen molar-refractivity contribution in [2.24, 2.45) is 0 Å². The minimum Gasteiger partial charge on any atom is -0.488 e. The van der Waals surface area contributed by atoms with Crippen LogP contribution in [0.4, 0.5) is 5.95 Å². The predicted molar refractivity (Wildman–Crippen MR) is 104 cm³/mol. The standard InChI is InChI=1S/C18H14Br2N4O2/c19-13-4-1-11(2-5-13)9-26-16-6-3-12(7-14(16)20)15-8-17(25)23-18-21-10-22-24(15)18/h1-7,10,15H,8-9H2,(H,21,22,23,25)/t15-/m1/s1. The van der Waals surface area contributed by atoms with Crippen molar-refractivity contribution < 1.29 is 9.53 Å². The molecule has 1 aromatic heterocycles. The van der Waals surface area contributed by atoms with Gasteiger partial charge in [0.1, 0.15) is 18.7 Å². The Morgan fingerprint density at radius 2 is 2.00 bits per heavy atom. The number of anilines is 1. The van der Waals surface area contributed by atoms with Crippen LogP contribution in [0.1, 0.15) is 23.6 Å². The van der Waals surface area contributed by atoms with E-state index in [0.717, 1.165) is 25.8 Å². The van der Waals surface area contributed by atoms with Gasteiger partial charge in [-0.05, 0) is 51.3 Å². The first kappa shape index (κ1) is 17.2. The number of carbonyl (C=O) groups is 1. The van der Waals surface area contributed by atoms with Crippen LogP contribution >= 0.6 is 31.9 Å². The lowest BCUT2D eigenvalue weighted by atomic mass is 10.0. The number of nitrogens with zero attached hydrogens (tertiary/aromatic N) is 3. The SMILES string of the molecule is O=C1C[C@H](c2ccc(OCc3ccc(Br)cc3)c(Br)c2)n2ncnc2N1. The van der Waals surface area contributed by atoms with Gasteiger partial charge in [0.2, 0.25) is 11.9 Å². The molecule has 0 saturated heterocycles. The van der Waals surface area contributed by atoms with Gasteiger partial charge in [-0.1, -0.05) is 34.1 Å². The van der Waals surface area contributed by atoms with E-state index in [0.29, 0.717) is 19.0 Å². The lowest BCUT2D eigenvalue weighted by Gasteiger charge is -2.24. The Bertz CT molecular complexity index is 956. The van der Waals surface area contributed by atoms with E-state index < -0.39 is 0 Å². The van der Waals surface area contributed by atoms with Crippen LogP contribution in [-0.4, -0.2) is 20.7 Å². The number of benzene rings is 2. The van der Waals surface area contributed by atoms with Crippen LogP contribution < -0.4 is 10.1 Å². The van der Waals surface area contributed by atoms with Crippen molar-refractivity contribution in [1.29, 1.82) is 0 Å². The number of fused-ring (bicyclic) bond motifs is 1. The molecule has 1 aliphatic rings. The lowest BCUT2D eigenvalue weighted by molar-refractivity contribution is -0.117. The van der Waals surface area contributed by atoms with Crippen molar-refractivity contribution in [3.05, 3.63) is 68.9 Å². The van der Waals surface area contributed by atoms with Gasteiger partial charge in [-0.3, -0.25) is 10.1 Å². The molecule has 4 rings (SSSR count). The summed E-state index contributed by atoms with van der Waals surface area (Å²) in [6.45, 7) is 0.476. The van der Waals surface area contributed by atoms with Gasteiger partial charge >= 0.3 is 0 Å². The van der Waals surface area contributed by atoms with Crippen molar-refractivity contribution in [2.75, 3.05) is 5.32 Å². The van der Waals surface area contributed by atoms with Crippen LogP contribution in [-0.2, 0) is 11.4 Å². The summed E-state index contributed by atoms with van der Waals surface area (Å²) in [5.41, 5.74) is 2.05. The Morgan fingerprint density at radius 3 is 2.77 bits per heavy atom. The van der Waals surface area contributed by atoms with Crippen molar-refractivity contribution in [1.82, 2.24) is 14.8 Å². The maximum atomic E-state index is 11.9. The molecule has 2 heterocycles. The molecule has 6 nitrogen and oxygen atoms in total. The van der Waals surface area contributed by atoms with E-state index >= 15 is 0 Å². The highest BCUT2D eigenvalue weighted by Crippen LogP contribution is 2.34. The number of hydrogen-bond acceptors (Lipinski definition) is 4. The Hall–Kier alpha value is -2.19. The number of halogens is 2. The molecule has 0 radical (unpaired) electrons. The molecule has 3 aromatic rings. The highest BCUT2D eigenvalue weighted by atomic mass is 79.9. The summed E-state index contributed by atoms with van der Waals surface area (Å²) in [6, 6.07) is 13.6. The summed E-state index contributed by atoms with van der Waals surface area (Å²) >= 11 is 6.99. The van der Waals surface area contributed by atoms with Gasteiger partial charge in [0.15, 0.2) is 0 Å². The number of amides is 1. The zero-order valence-electron chi connectivity index (χ0n) is 13.5. The predicted octanol–water partition coefficient (Wildman–Crippen LogP) is 4.31. The molecule has 132 valence electrons. The molecule has 0 aliphatic carbocycles. The van der Waals surface area contributed by atoms with Gasteiger partial charge in [0, 0.05) is 4.47 Å². The number of carbonyl (C=O) groups excluding carboxylic acids is 1. The average Bonchev–Trinajstić information content (AvgIpc) is 3.09. The first-order chi connectivity index (χ1) is 12.6. The summed E-state index contributed by atoms with van der Waals surface area (Å²) in [7, 11) is 0. The first-order valence-corrected chi connectivity index (χ1v) is 9.55. The Kier molecular flexibility index (Phi) is 4.78. The lowest BCUT2D eigenvalue weighted by Crippen LogP contribution is -2.29. The third kappa shape index (κ3) is 3.52. The summed E-state index contributed by atoms with van der Waals surface area (Å²) in [5.74, 6) is 1.15. The summed E-state index contributed by atoms with van der Waals surface area (Å²) in [6.07, 6.45) is 1.76. The van der Waals surface area contributed by atoms with E-state index in [1.54, 1.807) is 4.68 Å². The van der Waals surface area contributed by atoms with Crippen LogP contribution in [0.15, 0.2) is 57.7 Å². The van der Waals surface area contributed by atoms with Crippen molar-refractivity contribution in [2.45, 2.75) is 19.1 Å². The molecule has 0 bridgehead atoms. The number of nitrogens with one attached hydrogen (secondary N) is 1. The normalized spacial score (nSPS) is 16.1. The van der Waals surface area contributed by atoms with Gasteiger partial charge in [0.25, 0.3) is 0 Å². The topological polar surface area (TPSA) is 69.0 Å². The van der Waals surface area contributed by atoms with E-state index in [1.807, 2.05) is 42.5 Å². The molecular weight excluding hydrogens is 464 g/mol. The molecule has 1 aliphatic heterocycles. The van der Waals surface area contributed by atoms with E-state index in [2.05, 4.69) is 47.3 Å². The number of rotatable bonds is 4. The van der Waals surface area contributed by atoms with Gasteiger partial charge in [-0.2, -0.15) is 10.1 Å². The third-order valence-corrected chi connectivity index (χ3v) is 5.29. The van der Waals surface area contributed by atoms with Crippen LogP contribution in [0, 0.1) is 0 Å². The second-order valence-electron chi connectivity index (χ2n) is 5.90. The largest absolute Gasteiger partial charge is 0.488 e. The van der Waals surface area contributed by atoms with Crippen LogP contribution in [0.25, 0.3) is 0 Å². The third-order valence-electron chi connectivity index (χ3n) is 4.15. The molecule has 1 N–H and O–H groups in total. The van der Waals surface area contributed by atoms with E-state index in [1.165, 1.54) is 6.33 Å². The number of aromatic nitrogens is 3. The summed E-state index contributed by atoms with van der Waals surface area (Å²) in [5, 5.41) is 6.94. The quantitative estimate of drug-likeness (QED) is 0.607. The molecule has 1 amide bonds. The number of hydrogen-bond donors (Lipinski definition) is 1. The van der Waals surface area contributed by atoms with Crippen molar-refractivity contribution in [3.8, 4) is 5.75 Å². The Balaban J connectivity index is 1.53. The molecular formula is C18H14Br2N4O2. The second-order valence-corrected chi connectivity index (χ2v) is 7.67. The monoisotopic (exact) mass is 476 g/mol. The highest BCUT2D eigenvalue weighted by Gasteiger charge is 2.28. The van der Waals surface area contributed by atoms with E-state index in [9.17, 15) is 4.79 Å². The summed E-state index contributed by atoms with van der Waals surface area (Å²) in [4.78, 5) is 16.0. The summed E-state index contributed by atoms with van der Waals surface area (Å²) < 4.78 is 9.50. The molecule has 0 fully saturated rings. The fourth-order valence-corrected chi connectivity index (χ4v) is 3.62. The van der Waals surface area contributed by atoms with Gasteiger partial charge in [-0.15, -0.1) is 0 Å². The van der Waals surface area contributed by atoms with E-state index in [-0.39, 0.29) is 11.9 Å². The first-order valence-electron chi connectivity index (χ1n) is 7.96. The maximum absolute atomic E-state index is 11.9. The smallest absolute Gasteiger partial charge is 0.229 e. The Labute approximate surface area is 166 Å². The fourth-order valence-electron chi connectivity index (χ4n) is 2.85. The minimum absolute atomic E-state index is 0.0674. The van der Waals surface area contributed by atoms with Gasteiger partial charge < -0.3 is 4.74 Å². The molecule has 0 spiro atoms. The van der Waals surface area contributed by atoms with Crippen LogP contribution in [0.5, 0.6) is 5.75 Å². The minimum atomic E-state index is -0.182. The maximum Gasteiger partial charge on any atom is 0.229 e. The fraction of sp³-hybridized carbons (Fsp3) is 0.167. The number of ether oxygens (including phenoxy) is 1. The zero-order chi connectivity index (χ0) is 18.1. The molecule has 26 heavy (non-hydrogen) atoms. The van der Waals surface area contributed by atoms with Gasteiger partial charge in [0.05, 0.1) is 16.9 Å². The molecule has 2 aromatic carbocycles. The Morgan fingerprint density at radius 1 is 1.19 bits per heavy atom. The molecule has 1 atom stereocenters. The molecule has 0 saturated carbocycles. The van der Waals surface area contributed by atoms with Crippen LogP contribution in [0.3, 0.4) is 0 Å². The average molecular weight is 478 g/mol. The zero-order valence-corrected chi connectivity index (χ0v) is 16.7. The highest BCUT2D eigenvalue weighted by molar-refractivity contribution is 9.10. The van der Waals surface area contributed by atoms with Gasteiger partial charge in [-0.25, -0.2) is 4.68 Å².